The summed E-state index contributed by atoms with van der Waals surface area (Å²) in [5.74, 6) is 0.802. The van der Waals surface area contributed by atoms with Crippen LogP contribution in [-0.4, -0.2) is 42.3 Å². The highest BCUT2D eigenvalue weighted by molar-refractivity contribution is 5.04. The van der Waals surface area contributed by atoms with Gasteiger partial charge in [-0.05, 0) is 32.6 Å². The minimum absolute atomic E-state index is 0.115. The zero-order valence-electron chi connectivity index (χ0n) is 10.2. The molecule has 2 rings (SSSR count). The first-order chi connectivity index (χ1) is 7.10. The van der Waals surface area contributed by atoms with E-state index in [0.29, 0.717) is 6.04 Å². The van der Waals surface area contributed by atoms with Gasteiger partial charge in [0, 0.05) is 25.7 Å². The molecule has 2 N–H and O–H groups in total. The Morgan fingerprint density at radius 3 is 2.53 bits per heavy atom. The molecule has 2 heterocycles. The van der Waals surface area contributed by atoms with E-state index in [-0.39, 0.29) is 11.6 Å². The van der Waals surface area contributed by atoms with Crippen molar-refractivity contribution in [2.24, 2.45) is 11.7 Å². The molecule has 0 aliphatic carbocycles. The molecule has 3 nitrogen and oxygen atoms in total. The van der Waals surface area contributed by atoms with Crippen LogP contribution < -0.4 is 5.73 Å². The number of nitrogens with zero attached hydrogens (tertiary/aromatic N) is 1. The zero-order valence-corrected chi connectivity index (χ0v) is 10.2. The first-order valence-corrected chi connectivity index (χ1v) is 6.18. The van der Waals surface area contributed by atoms with Crippen molar-refractivity contribution in [3.8, 4) is 0 Å². The second kappa shape index (κ2) is 4.04. The molecule has 2 fully saturated rings. The van der Waals surface area contributed by atoms with Gasteiger partial charge in [0.2, 0.25) is 0 Å². The monoisotopic (exact) mass is 212 g/mol. The first-order valence-electron chi connectivity index (χ1n) is 6.18. The van der Waals surface area contributed by atoms with Crippen molar-refractivity contribution in [2.45, 2.75) is 51.3 Å². The summed E-state index contributed by atoms with van der Waals surface area (Å²) >= 11 is 0. The average Bonchev–Trinajstić information content (AvgIpc) is 2.71. The van der Waals surface area contributed by atoms with Crippen molar-refractivity contribution in [1.82, 2.24) is 4.90 Å². The molecule has 0 aromatic rings. The average molecular weight is 212 g/mol. The predicted octanol–water partition coefficient (Wildman–Crippen LogP) is 1.22. The smallest absolute Gasteiger partial charge is 0.0743 e. The fraction of sp³-hybridized carbons (Fsp3) is 1.00. The van der Waals surface area contributed by atoms with Gasteiger partial charge in [-0.3, -0.25) is 4.90 Å². The van der Waals surface area contributed by atoms with Gasteiger partial charge in [-0.2, -0.15) is 0 Å². The summed E-state index contributed by atoms with van der Waals surface area (Å²) in [6, 6.07) is 0.660. The summed E-state index contributed by atoms with van der Waals surface area (Å²) in [7, 11) is 0. The van der Waals surface area contributed by atoms with Crippen molar-refractivity contribution < 1.29 is 4.74 Å². The van der Waals surface area contributed by atoms with Crippen LogP contribution in [0, 0.1) is 5.92 Å². The van der Waals surface area contributed by atoms with Crippen LogP contribution in [0.15, 0.2) is 0 Å². The number of hydrogen-bond donors (Lipinski definition) is 1. The first kappa shape index (κ1) is 11.4. The largest absolute Gasteiger partial charge is 0.376 e. The number of hydrogen-bond acceptors (Lipinski definition) is 3. The van der Waals surface area contributed by atoms with Crippen molar-refractivity contribution in [3.63, 3.8) is 0 Å². The molecule has 0 amide bonds. The fourth-order valence-corrected chi connectivity index (χ4v) is 3.45. The molecule has 2 aliphatic heterocycles. The molecule has 3 heteroatoms. The number of ether oxygens (including phenoxy) is 1. The molecule has 4 unspecified atom stereocenters. The quantitative estimate of drug-likeness (QED) is 0.748. The molecule has 2 aliphatic rings. The molecule has 88 valence electrons. The Morgan fingerprint density at radius 2 is 2.13 bits per heavy atom. The highest BCUT2D eigenvalue weighted by Gasteiger charge is 2.49. The summed E-state index contributed by atoms with van der Waals surface area (Å²) in [5.41, 5.74) is 6.14. The van der Waals surface area contributed by atoms with Crippen LogP contribution in [0.25, 0.3) is 0 Å². The van der Waals surface area contributed by atoms with Gasteiger partial charge in [0.05, 0.1) is 11.6 Å². The van der Waals surface area contributed by atoms with E-state index < -0.39 is 0 Å². The molecule has 15 heavy (non-hydrogen) atoms. The van der Waals surface area contributed by atoms with Crippen LogP contribution in [0.4, 0.5) is 0 Å². The number of rotatable bonds is 2. The van der Waals surface area contributed by atoms with E-state index >= 15 is 0 Å². The van der Waals surface area contributed by atoms with Gasteiger partial charge in [-0.25, -0.2) is 0 Å². The molecule has 0 saturated carbocycles. The van der Waals surface area contributed by atoms with Crippen LogP contribution in [0.3, 0.4) is 0 Å². The number of likely N-dealkylation sites (tertiary alicyclic amines) is 1. The predicted molar refractivity (Wildman–Crippen MR) is 61.8 cm³/mol. The normalized spacial score (nSPS) is 47.6. The van der Waals surface area contributed by atoms with Crippen LogP contribution in [0.2, 0.25) is 0 Å². The zero-order chi connectivity index (χ0) is 11.1. The Bertz CT molecular complexity index is 234. The summed E-state index contributed by atoms with van der Waals surface area (Å²) < 4.78 is 5.73. The maximum atomic E-state index is 6.03. The van der Waals surface area contributed by atoms with Gasteiger partial charge in [0.1, 0.15) is 0 Å². The lowest BCUT2D eigenvalue weighted by atomic mass is 9.89. The summed E-state index contributed by atoms with van der Waals surface area (Å²) in [4.78, 5) is 2.61. The lowest BCUT2D eigenvalue weighted by Gasteiger charge is -2.43. The highest BCUT2D eigenvalue weighted by Crippen LogP contribution is 2.38. The van der Waals surface area contributed by atoms with Crippen LogP contribution in [0.5, 0.6) is 0 Å². The Balaban J connectivity index is 2.19. The van der Waals surface area contributed by atoms with E-state index in [1.165, 1.54) is 13.0 Å². The third kappa shape index (κ3) is 1.71. The molecule has 0 spiro atoms. The van der Waals surface area contributed by atoms with Crippen molar-refractivity contribution in [1.29, 1.82) is 0 Å². The van der Waals surface area contributed by atoms with Gasteiger partial charge in [-0.15, -0.1) is 0 Å². The summed E-state index contributed by atoms with van der Waals surface area (Å²) in [6.45, 7) is 9.62. The molecular weight excluding hydrogens is 188 g/mol. The lowest BCUT2D eigenvalue weighted by molar-refractivity contribution is 0.00937. The van der Waals surface area contributed by atoms with Crippen molar-refractivity contribution >= 4 is 0 Å². The van der Waals surface area contributed by atoms with E-state index in [2.05, 4.69) is 25.7 Å². The second-order valence-corrected chi connectivity index (χ2v) is 5.41. The van der Waals surface area contributed by atoms with E-state index in [9.17, 15) is 0 Å². The van der Waals surface area contributed by atoms with Gasteiger partial charge >= 0.3 is 0 Å². The fourth-order valence-electron chi connectivity index (χ4n) is 3.45. The molecular formula is C12H24N2O. The van der Waals surface area contributed by atoms with Gasteiger partial charge in [0.25, 0.3) is 0 Å². The maximum Gasteiger partial charge on any atom is 0.0743 e. The van der Waals surface area contributed by atoms with E-state index in [1.54, 1.807) is 0 Å². The van der Waals surface area contributed by atoms with Crippen LogP contribution in [-0.2, 0) is 4.74 Å². The van der Waals surface area contributed by atoms with Crippen LogP contribution >= 0.6 is 0 Å². The Kier molecular flexibility index (Phi) is 3.06. The Labute approximate surface area is 93.0 Å². The SMILES string of the molecule is CC1CC(C)N(C2(CN)CCOC2C)C1. The molecule has 0 bridgehead atoms. The van der Waals surface area contributed by atoms with Crippen LogP contribution in [0.1, 0.15) is 33.6 Å². The standard InChI is InChI=1S/C12H24N2O/c1-9-6-10(2)14(7-9)12(8-13)4-5-15-11(12)3/h9-11H,4-8,13H2,1-3H3. The molecule has 2 saturated heterocycles. The Morgan fingerprint density at radius 1 is 1.40 bits per heavy atom. The van der Waals surface area contributed by atoms with E-state index in [4.69, 9.17) is 10.5 Å². The minimum atomic E-state index is 0.115. The third-order valence-electron chi connectivity index (χ3n) is 4.37. The highest BCUT2D eigenvalue weighted by atomic mass is 16.5. The summed E-state index contributed by atoms with van der Waals surface area (Å²) in [6.07, 6.45) is 2.69. The van der Waals surface area contributed by atoms with E-state index in [1.807, 2.05) is 0 Å². The van der Waals surface area contributed by atoms with Crippen molar-refractivity contribution in [2.75, 3.05) is 19.7 Å². The molecule has 0 aromatic carbocycles. The van der Waals surface area contributed by atoms with Crippen molar-refractivity contribution in [3.05, 3.63) is 0 Å². The molecule has 4 atom stereocenters. The summed E-state index contributed by atoms with van der Waals surface area (Å²) in [5, 5.41) is 0. The molecule has 0 aromatic heterocycles. The van der Waals surface area contributed by atoms with Gasteiger partial charge in [0.15, 0.2) is 0 Å². The maximum absolute atomic E-state index is 6.03. The lowest BCUT2D eigenvalue weighted by Crippen LogP contribution is -2.59. The third-order valence-corrected chi connectivity index (χ3v) is 4.37. The minimum Gasteiger partial charge on any atom is -0.376 e. The molecule has 0 radical (unpaired) electrons. The number of nitrogens with two attached hydrogens (primary N) is 1. The van der Waals surface area contributed by atoms with Gasteiger partial charge in [-0.1, -0.05) is 6.92 Å². The van der Waals surface area contributed by atoms with E-state index in [0.717, 1.165) is 25.5 Å². The van der Waals surface area contributed by atoms with Gasteiger partial charge < -0.3 is 10.5 Å². The second-order valence-electron chi connectivity index (χ2n) is 5.41. The Hall–Kier alpha value is -0.120. The topological polar surface area (TPSA) is 38.5 Å².